The number of hydrogen-bond acceptors (Lipinski definition) is 7. The van der Waals surface area contributed by atoms with Gasteiger partial charge in [0.05, 0.1) is 24.5 Å². The van der Waals surface area contributed by atoms with Crippen molar-refractivity contribution in [3.8, 4) is 11.4 Å². The summed E-state index contributed by atoms with van der Waals surface area (Å²) in [6.45, 7) is 4.24. The number of oxime groups is 1. The number of aryl methyl sites for hydroxylation is 1. The molecular weight excluding hydrogens is 440 g/mol. The highest BCUT2D eigenvalue weighted by atomic mass is 32.2. The minimum atomic E-state index is -0.863. The maximum atomic E-state index is 12.5. The Morgan fingerprint density at radius 3 is 2.52 bits per heavy atom. The number of imide groups is 1. The molecule has 2 amide bonds. The molecule has 1 atom stereocenters. The zero-order valence-electron chi connectivity index (χ0n) is 18.4. The average Bonchev–Trinajstić information content (AvgIpc) is 3.35. The molecule has 1 aliphatic heterocycles. The molecule has 1 aromatic heterocycles. The summed E-state index contributed by atoms with van der Waals surface area (Å²) in [5, 5.41) is 3.82. The highest BCUT2D eigenvalue weighted by molar-refractivity contribution is 8.15. The monoisotopic (exact) mass is 464 g/mol. The fraction of sp³-hybridized carbons (Fsp3) is 0.250. The molecule has 9 heteroatoms. The number of benzene rings is 2. The lowest BCUT2D eigenvalue weighted by Crippen LogP contribution is -2.32. The Balaban J connectivity index is 1.26. The molecule has 2 heterocycles. The number of amides is 2. The number of carbonyl (C=O) groups is 2. The maximum Gasteiger partial charge on any atom is 0.291 e. The number of imidazole rings is 1. The molecule has 2 aromatic carbocycles. The maximum absolute atomic E-state index is 12.5. The number of H-pyrrole nitrogens is 1. The number of nitrogens with one attached hydrogen (secondary N) is 1. The molecule has 0 spiro atoms. The highest BCUT2D eigenvalue weighted by Crippen LogP contribution is 2.29. The van der Waals surface area contributed by atoms with Gasteiger partial charge in [0.15, 0.2) is 5.44 Å². The van der Waals surface area contributed by atoms with Crippen molar-refractivity contribution in [2.24, 2.45) is 5.16 Å². The van der Waals surface area contributed by atoms with E-state index in [0.717, 1.165) is 40.1 Å². The van der Waals surface area contributed by atoms with Gasteiger partial charge in [0.25, 0.3) is 11.1 Å². The molecule has 0 saturated carbocycles. The summed E-state index contributed by atoms with van der Waals surface area (Å²) in [5.74, 6) is 0.414. The third-order valence-electron chi connectivity index (χ3n) is 5.02. The fourth-order valence-corrected chi connectivity index (χ4v) is 4.22. The van der Waals surface area contributed by atoms with Gasteiger partial charge in [0.2, 0.25) is 0 Å². The lowest BCUT2D eigenvalue weighted by molar-refractivity contribution is -0.134. The molecule has 0 aliphatic carbocycles. The van der Waals surface area contributed by atoms with Crippen LogP contribution in [0.2, 0.25) is 0 Å². The summed E-state index contributed by atoms with van der Waals surface area (Å²) in [4.78, 5) is 39.1. The van der Waals surface area contributed by atoms with Crippen LogP contribution in [-0.2, 0) is 20.9 Å². The topological polar surface area (TPSA) is 96.9 Å². The second kappa shape index (κ2) is 10.5. The van der Waals surface area contributed by atoms with Crippen LogP contribution in [0.5, 0.6) is 0 Å². The van der Waals surface area contributed by atoms with Crippen LogP contribution >= 0.6 is 11.8 Å². The van der Waals surface area contributed by atoms with Crippen LogP contribution in [-0.4, -0.2) is 50.4 Å². The van der Waals surface area contributed by atoms with Crippen molar-refractivity contribution in [3.63, 3.8) is 0 Å². The van der Waals surface area contributed by atoms with Crippen LogP contribution in [0.25, 0.3) is 11.4 Å². The van der Waals surface area contributed by atoms with Gasteiger partial charge in [-0.15, -0.1) is 0 Å². The predicted octanol–water partition coefficient (Wildman–Crippen LogP) is 4.36. The smallest absolute Gasteiger partial charge is 0.291 e. The lowest BCUT2D eigenvalue weighted by atomic mass is 10.2. The number of carbonyl (C=O) groups excluding carboxylic acids is 2. The largest absolute Gasteiger partial charge is 0.393 e. The van der Waals surface area contributed by atoms with Crippen molar-refractivity contribution < 1.29 is 19.2 Å². The Hall–Kier alpha value is -3.43. The molecule has 3 aromatic rings. The van der Waals surface area contributed by atoms with Gasteiger partial charge in [-0.2, -0.15) is 0 Å². The normalized spacial score (nSPS) is 16.5. The van der Waals surface area contributed by atoms with Crippen LogP contribution < -0.4 is 0 Å². The van der Waals surface area contributed by atoms with E-state index in [9.17, 15) is 9.59 Å². The van der Waals surface area contributed by atoms with Gasteiger partial charge in [-0.1, -0.05) is 65.8 Å². The number of hydrogen-bond donors (Lipinski definition) is 1. The number of aromatic nitrogens is 2. The van der Waals surface area contributed by atoms with Gasteiger partial charge in [-0.25, -0.2) is 4.98 Å². The summed E-state index contributed by atoms with van der Waals surface area (Å²) >= 11 is 0.875. The van der Waals surface area contributed by atoms with E-state index in [4.69, 9.17) is 9.57 Å². The minimum Gasteiger partial charge on any atom is -0.393 e. The molecule has 4 rings (SSSR count). The van der Waals surface area contributed by atoms with E-state index in [0.29, 0.717) is 5.71 Å². The number of ether oxygens (including phenoxy) is 1. The SMILES string of the molecule is CC(=NOCCOC1SC(=O)N(Cc2ccccc2)C1=O)c1[nH]c(-c2ccccc2)nc1C. The van der Waals surface area contributed by atoms with Gasteiger partial charge in [0.1, 0.15) is 18.1 Å². The van der Waals surface area contributed by atoms with Gasteiger partial charge in [-0.3, -0.25) is 14.5 Å². The first-order valence-electron chi connectivity index (χ1n) is 10.5. The van der Waals surface area contributed by atoms with E-state index >= 15 is 0 Å². The molecule has 1 aliphatic rings. The first-order valence-corrected chi connectivity index (χ1v) is 11.4. The molecule has 170 valence electrons. The predicted molar refractivity (Wildman–Crippen MR) is 127 cm³/mol. The molecule has 33 heavy (non-hydrogen) atoms. The Kier molecular flexibility index (Phi) is 7.21. The van der Waals surface area contributed by atoms with E-state index in [1.54, 1.807) is 0 Å². The van der Waals surface area contributed by atoms with Crippen molar-refractivity contribution in [1.82, 2.24) is 14.9 Å². The van der Waals surface area contributed by atoms with E-state index in [-0.39, 0.29) is 30.9 Å². The number of aromatic amines is 1. The summed E-state index contributed by atoms with van der Waals surface area (Å²) in [6, 6.07) is 19.2. The van der Waals surface area contributed by atoms with Crippen LogP contribution in [0.15, 0.2) is 65.8 Å². The minimum absolute atomic E-state index is 0.129. The van der Waals surface area contributed by atoms with Crippen molar-refractivity contribution in [3.05, 3.63) is 77.6 Å². The van der Waals surface area contributed by atoms with Crippen LogP contribution in [0.4, 0.5) is 4.79 Å². The Morgan fingerprint density at radius 1 is 1.09 bits per heavy atom. The summed E-state index contributed by atoms with van der Waals surface area (Å²) in [6.07, 6.45) is 0. The van der Waals surface area contributed by atoms with Gasteiger partial charge in [-0.05, 0) is 31.2 Å². The van der Waals surface area contributed by atoms with Crippen LogP contribution in [0.3, 0.4) is 0 Å². The van der Waals surface area contributed by atoms with Crippen molar-refractivity contribution in [2.75, 3.05) is 13.2 Å². The lowest BCUT2D eigenvalue weighted by Gasteiger charge is -2.13. The Bertz CT molecular complexity index is 1150. The van der Waals surface area contributed by atoms with Crippen molar-refractivity contribution in [2.45, 2.75) is 25.8 Å². The second-order valence-electron chi connectivity index (χ2n) is 7.42. The fourth-order valence-electron chi connectivity index (χ4n) is 3.36. The van der Waals surface area contributed by atoms with Gasteiger partial charge < -0.3 is 14.6 Å². The van der Waals surface area contributed by atoms with Crippen molar-refractivity contribution >= 4 is 28.6 Å². The summed E-state index contributed by atoms with van der Waals surface area (Å²) in [7, 11) is 0. The van der Waals surface area contributed by atoms with E-state index in [1.165, 1.54) is 4.90 Å². The molecule has 1 saturated heterocycles. The third-order valence-corrected chi connectivity index (χ3v) is 5.99. The Labute approximate surface area is 196 Å². The first kappa shape index (κ1) is 22.8. The second-order valence-corrected chi connectivity index (χ2v) is 8.43. The zero-order chi connectivity index (χ0) is 23.2. The van der Waals surface area contributed by atoms with E-state index in [1.807, 2.05) is 74.5 Å². The standard InChI is InChI=1S/C24H24N4O4S/c1-16-20(26-21(25-16)19-11-7-4-8-12-19)17(2)27-32-14-13-31-23-22(29)28(24(30)33-23)15-18-9-5-3-6-10-18/h3-12,23H,13-15H2,1-2H3,(H,25,26). The number of nitrogens with zero attached hydrogens (tertiary/aromatic N) is 3. The van der Waals surface area contributed by atoms with E-state index < -0.39 is 5.44 Å². The number of rotatable bonds is 9. The molecule has 0 radical (unpaired) electrons. The van der Waals surface area contributed by atoms with Crippen molar-refractivity contribution in [1.29, 1.82) is 0 Å². The first-order chi connectivity index (χ1) is 16.0. The van der Waals surface area contributed by atoms with Crippen LogP contribution in [0.1, 0.15) is 23.9 Å². The third kappa shape index (κ3) is 5.50. The molecule has 1 fully saturated rings. The van der Waals surface area contributed by atoms with Gasteiger partial charge in [0, 0.05) is 5.56 Å². The molecule has 8 nitrogen and oxygen atoms in total. The molecule has 1 unspecified atom stereocenters. The summed E-state index contributed by atoms with van der Waals surface area (Å²) < 4.78 is 5.56. The summed E-state index contributed by atoms with van der Waals surface area (Å²) in [5.41, 5.74) is 3.27. The molecular formula is C24H24N4O4S. The van der Waals surface area contributed by atoms with Gasteiger partial charge >= 0.3 is 0 Å². The molecule has 0 bridgehead atoms. The quantitative estimate of drug-likeness (QED) is 0.287. The zero-order valence-corrected chi connectivity index (χ0v) is 19.2. The Morgan fingerprint density at radius 2 is 1.79 bits per heavy atom. The highest BCUT2D eigenvalue weighted by Gasteiger charge is 2.40. The average molecular weight is 465 g/mol. The molecule has 1 N–H and O–H groups in total. The number of thioether (sulfide) groups is 1. The van der Waals surface area contributed by atoms with E-state index in [2.05, 4.69) is 15.1 Å². The van der Waals surface area contributed by atoms with Crippen LogP contribution in [0, 0.1) is 6.92 Å².